The number of nitrogens with one attached hydrogen (secondary N) is 1. The number of nitrogens with two attached hydrogens (primary N) is 1. The number of ether oxygens (including phenoxy) is 3. The average molecular weight is 287 g/mol. The fourth-order valence-electron chi connectivity index (χ4n) is 2.36. The lowest BCUT2D eigenvalue weighted by molar-refractivity contribution is 0.171. The second-order valence-electron chi connectivity index (χ2n) is 4.59. The molecule has 2 heterocycles. The molecule has 0 aliphatic carbocycles. The van der Waals surface area contributed by atoms with Gasteiger partial charge in [0.15, 0.2) is 11.5 Å². The molecule has 110 valence electrons. The number of hydrogen-bond acceptors (Lipinski definition) is 6. The number of hydrogen-bond donors (Lipinski definition) is 2. The summed E-state index contributed by atoms with van der Waals surface area (Å²) >= 11 is 0. The molecule has 1 aromatic heterocycles. The summed E-state index contributed by atoms with van der Waals surface area (Å²) in [4.78, 5) is 4.37. The Morgan fingerprint density at radius 3 is 2.81 bits per heavy atom. The van der Waals surface area contributed by atoms with Gasteiger partial charge in [-0.15, -0.1) is 0 Å². The zero-order valence-electron chi connectivity index (χ0n) is 11.7. The number of methoxy groups -OCH3 is 1. The largest absolute Gasteiger partial charge is 0.495 e. The van der Waals surface area contributed by atoms with Crippen molar-refractivity contribution >= 4 is 0 Å². The maximum Gasteiger partial charge on any atom is 0.161 e. The molecule has 0 bridgehead atoms. The van der Waals surface area contributed by atoms with E-state index in [0.717, 1.165) is 17.0 Å². The van der Waals surface area contributed by atoms with Gasteiger partial charge < -0.3 is 14.2 Å². The number of nitrogens with zero attached hydrogens (tertiary/aromatic N) is 1. The lowest BCUT2D eigenvalue weighted by atomic mass is 10.0. The minimum atomic E-state index is -0.294. The van der Waals surface area contributed by atoms with Gasteiger partial charge >= 0.3 is 0 Å². The normalized spacial score (nSPS) is 14.6. The van der Waals surface area contributed by atoms with Crippen LogP contribution < -0.4 is 25.5 Å². The topological polar surface area (TPSA) is 78.6 Å². The van der Waals surface area contributed by atoms with Crippen molar-refractivity contribution in [2.24, 2.45) is 5.84 Å². The summed E-state index contributed by atoms with van der Waals surface area (Å²) < 4.78 is 16.5. The third-order valence-electron chi connectivity index (χ3n) is 3.36. The van der Waals surface area contributed by atoms with E-state index in [1.165, 1.54) is 0 Å². The van der Waals surface area contributed by atoms with Crippen LogP contribution in [0, 0.1) is 0 Å². The van der Waals surface area contributed by atoms with Gasteiger partial charge in [-0.25, -0.2) is 5.43 Å². The molecule has 1 aliphatic rings. The first-order chi connectivity index (χ1) is 10.3. The summed E-state index contributed by atoms with van der Waals surface area (Å²) in [6.45, 7) is 1.11. The van der Waals surface area contributed by atoms with Crippen molar-refractivity contribution in [2.45, 2.75) is 6.04 Å². The Hall–Kier alpha value is -2.31. The van der Waals surface area contributed by atoms with Gasteiger partial charge in [-0.3, -0.25) is 10.8 Å². The lowest BCUT2D eigenvalue weighted by Gasteiger charge is -2.22. The van der Waals surface area contributed by atoms with Crippen LogP contribution >= 0.6 is 0 Å². The Morgan fingerprint density at radius 1 is 1.24 bits per heavy atom. The second kappa shape index (κ2) is 5.99. The van der Waals surface area contributed by atoms with Crippen LogP contribution in [0.3, 0.4) is 0 Å². The third kappa shape index (κ3) is 2.63. The summed E-state index contributed by atoms with van der Waals surface area (Å²) in [6, 6.07) is 9.10. The van der Waals surface area contributed by atoms with Gasteiger partial charge in [0.25, 0.3) is 0 Å². The van der Waals surface area contributed by atoms with E-state index >= 15 is 0 Å². The highest BCUT2D eigenvalue weighted by Gasteiger charge is 2.21. The molecular formula is C15H17N3O3. The van der Waals surface area contributed by atoms with E-state index in [0.29, 0.717) is 24.7 Å². The molecule has 2 aromatic rings. The molecular weight excluding hydrogens is 270 g/mol. The highest BCUT2D eigenvalue weighted by Crippen LogP contribution is 2.35. The number of benzene rings is 1. The van der Waals surface area contributed by atoms with E-state index < -0.39 is 0 Å². The summed E-state index contributed by atoms with van der Waals surface area (Å²) in [7, 11) is 1.61. The van der Waals surface area contributed by atoms with Gasteiger partial charge in [0.1, 0.15) is 24.7 Å². The number of pyridine rings is 1. The molecule has 21 heavy (non-hydrogen) atoms. The van der Waals surface area contributed by atoms with Crippen molar-refractivity contribution in [2.75, 3.05) is 20.3 Å². The van der Waals surface area contributed by atoms with E-state index in [2.05, 4.69) is 10.4 Å². The summed E-state index contributed by atoms with van der Waals surface area (Å²) in [5.41, 5.74) is 4.43. The highest BCUT2D eigenvalue weighted by atomic mass is 16.6. The molecule has 0 saturated carbocycles. The standard InChI is InChI=1S/C15H17N3O3/c1-19-12-3-2-6-17-15(12)14(18-16)10-4-5-11-13(9-10)21-8-7-20-11/h2-6,9,14,18H,7-8,16H2,1H3. The number of hydrazine groups is 1. The number of rotatable bonds is 4. The van der Waals surface area contributed by atoms with E-state index in [1.54, 1.807) is 13.3 Å². The van der Waals surface area contributed by atoms with E-state index in [1.807, 2.05) is 30.3 Å². The van der Waals surface area contributed by atoms with E-state index in [9.17, 15) is 0 Å². The van der Waals surface area contributed by atoms with Crippen LogP contribution in [0.1, 0.15) is 17.3 Å². The smallest absolute Gasteiger partial charge is 0.161 e. The lowest BCUT2D eigenvalue weighted by Crippen LogP contribution is -2.30. The quantitative estimate of drug-likeness (QED) is 0.654. The maximum absolute atomic E-state index is 5.72. The van der Waals surface area contributed by atoms with Crippen molar-refractivity contribution in [3.63, 3.8) is 0 Å². The second-order valence-corrected chi connectivity index (χ2v) is 4.59. The average Bonchev–Trinajstić information content (AvgIpc) is 2.56. The Kier molecular flexibility index (Phi) is 3.89. The fraction of sp³-hybridized carbons (Fsp3) is 0.267. The first-order valence-corrected chi connectivity index (χ1v) is 6.68. The molecule has 6 heteroatoms. The Morgan fingerprint density at radius 2 is 2.05 bits per heavy atom. The van der Waals surface area contributed by atoms with Crippen molar-refractivity contribution in [3.05, 3.63) is 47.8 Å². The fourth-order valence-corrected chi connectivity index (χ4v) is 2.36. The van der Waals surface area contributed by atoms with E-state index in [4.69, 9.17) is 20.1 Å². The molecule has 0 saturated heterocycles. The monoisotopic (exact) mass is 287 g/mol. The van der Waals surface area contributed by atoms with Crippen LogP contribution in [-0.4, -0.2) is 25.3 Å². The molecule has 1 aromatic carbocycles. The number of aromatic nitrogens is 1. The van der Waals surface area contributed by atoms with Crippen molar-refractivity contribution in [1.82, 2.24) is 10.4 Å². The highest BCUT2D eigenvalue weighted by molar-refractivity contribution is 5.47. The van der Waals surface area contributed by atoms with Gasteiger partial charge in [-0.1, -0.05) is 6.07 Å². The molecule has 1 unspecified atom stereocenters. The summed E-state index contributed by atoms with van der Waals surface area (Å²) in [6.07, 6.45) is 1.71. The SMILES string of the molecule is COc1cccnc1C(NN)c1ccc2c(c1)OCCO2. The van der Waals surface area contributed by atoms with Gasteiger partial charge in [0.05, 0.1) is 13.2 Å². The summed E-state index contributed by atoms with van der Waals surface area (Å²) in [5, 5.41) is 0. The van der Waals surface area contributed by atoms with Crippen LogP contribution in [0.25, 0.3) is 0 Å². The van der Waals surface area contributed by atoms with Gasteiger partial charge in [-0.05, 0) is 29.8 Å². The predicted molar refractivity (Wildman–Crippen MR) is 77.4 cm³/mol. The first kappa shape index (κ1) is 13.7. The first-order valence-electron chi connectivity index (χ1n) is 6.68. The molecule has 0 amide bonds. The van der Waals surface area contributed by atoms with Crippen molar-refractivity contribution in [1.29, 1.82) is 0 Å². The van der Waals surface area contributed by atoms with Gasteiger partial charge in [0.2, 0.25) is 0 Å². The van der Waals surface area contributed by atoms with Crippen molar-refractivity contribution < 1.29 is 14.2 Å². The predicted octanol–water partition coefficient (Wildman–Crippen LogP) is 1.41. The molecule has 3 N–H and O–H groups in total. The molecule has 0 spiro atoms. The minimum absolute atomic E-state index is 0.294. The van der Waals surface area contributed by atoms with E-state index in [-0.39, 0.29) is 6.04 Å². The zero-order valence-corrected chi connectivity index (χ0v) is 11.7. The summed E-state index contributed by atoms with van der Waals surface area (Å²) in [5.74, 6) is 7.86. The Labute approximate surface area is 122 Å². The van der Waals surface area contributed by atoms with Crippen LogP contribution in [-0.2, 0) is 0 Å². The molecule has 1 aliphatic heterocycles. The van der Waals surface area contributed by atoms with Crippen LogP contribution in [0.2, 0.25) is 0 Å². The van der Waals surface area contributed by atoms with Gasteiger partial charge in [-0.2, -0.15) is 0 Å². The van der Waals surface area contributed by atoms with Gasteiger partial charge in [0, 0.05) is 6.20 Å². The molecule has 0 radical (unpaired) electrons. The van der Waals surface area contributed by atoms with Crippen LogP contribution in [0.5, 0.6) is 17.2 Å². The Balaban J connectivity index is 2.00. The van der Waals surface area contributed by atoms with Crippen molar-refractivity contribution in [3.8, 4) is 17.2 Å². The van der Waals surface area contributed by atoms with Crippen LogP contribution in [0.4, 0.5) is 0 Å². The maximum atomic E-state index is 5.72. The zero-order chi connectivity index (χ0) is 14.7. The molecule has 0 fully saturated rings. The molecule has 6 nitrogen and oxygen atoms in total. The van der Waals surface area contributed by atoms with Crippen LogP contribution in [0.15, 0.2) is 36.5 Å². The minimum Gasteiger partial charge on any atom is -0.495 e. The Bertz CT molecular complexity index is 633. The number of fused-ring (bicyclic) bond motifs is 1. The third-order valence-corrected chi connectivity index (χ3v) is 3.36. The molecule has 1 atom stereocenters. The molecule has 3 rings (SSSR count).